The predicted octanol–water partition coefficient (Wildman–Crippen LogP) is 14.6. The third kappa shape index (κ3) is 23.3. The minimum Gasteiger partial charge on any atom is -0.490 e. The van der Waals surface area contributed by atoms with Gasteiger partial charge in [-0.05, 0) is 177 Å². The molecule has 39 heteroatoms. The highest BCUT2D eigenvalue weighted by Crippen LogP contribution is 2.41. The summed E-state index contributed by atoms with van der Waals surface area (Å²) in [5.41, 5.74) is 11.7. The van der Waals surface area contributed by atoms with Gasteiger partial charge in [-0.1, -0.05) is 38.4 Å². The maximum Gasteiger partial charge on any atom is 0.250 e. The van der Waals surface area contributed by atoms with Gasteiger partial charge in [-0.25, -0.2) is 33.7 Å². The molecule has 5 aromatic heterocycles. The lowest BCUT2D eigenvalue weighted by molar-refractivity contribution is -0.115. The highest BCUT2D eigenvalue weighted by atomic mass is 19.1. The number of carbonyl (C=O) groups excluding carboxylic acids is 7. The summed E-state index contributed by atoms with van der Waals surface area (Å²) in [5, 5.41) is 38.6. The second kappa shape index (κ2) is 42.4. The molecule has 5 aliphatic rings. The molecule has 0 saturated carbocycles. The van der Waals surface area contributed by atoms with Crippen molar-refractivity contribution < 1.29 is 71.1 Å². The highest BCUT2D eigenvalue weighted by Gasteiger charge is 2.28. The molecule has 0 bridgehead atoms. The van der Waals surface area contributed by atoms with Gasteiger partial charge in [0.1, 0.15) is 67.7 Å². The van der Waals surface area contributed by atoms with E-state index in [1.54, 1.807) is 119 Å². The number of aromatic nitrogens is 9. The number of fused-ring (bicyclic) bond motifs is 5. The summed E-state index contributed by atoms with van der Waals surface area (Å²) in [7, 11) is 5.68. The number of hydrogen-bond donors (Lipinski definition) is 11. The molecule has 678 valence electrons. The second-order valence-corrected chi connectivity index (χ2v) is 29.6. The third-order valence-corrected chi connectivity index (χ3v) is 20.4. The number of ketones is 2. The molecule has 12 aromatic rings. The number of nitrogens with zero attached hydrogens (tertiary/aromatic N) is 14. The number of pyridine rings is 1. The first-order chi connectivity index (χ1) is 64.3. The smallest absolute Gasteiger partial charge is 0.250 e. The normalized spacial score (nSPS) is 12.7. The lowest BCUT2D eigenvalue weighted by atomic mass is 10.1. The number of rotatable bonds is 27. The van der Waals surface area contributed by atoms with E-state index in [9.17, 15) is 42.3 Å². The molecule has 0 fully saturated rings. The number of likely N-dealkylation sites (N-methyl/N-ethyl adjacent to an activating group) is 2. The van der Waals surface area contributed by atoms with E-state index in [4.69, 9.17) is 28.8 Å². The standard InChI is InChI=1S/C25H22N6O4.C24H24N6O5.C23H23FN6O2.C22H21FN6O2/c1-3-23(34)31-8-9-35-21-7-5-17(12-20(21)31)27-24-18(14(2)32)13-26-25(30-24)28-16-4-6-19-15(10-16)11-22(33)29-19;1-3-22(33)30-8-10-34-20-6-4-16(12-19(20)30)27-23-18(15(2)32)14-26-24(29-23)28-17-5-7-21(25-13-17)35-11-9-31;1-4-21(31)26-15-6-5-7-17(12-15)30(3)22-18(24)14-25-23(28-22)27-16-8-9-20-19(13-16)29(2)10-11-32-20;1-3-20(30)25-14-5-4-6-15(11-14)26-21-17(23)13-24-22(28-21)27-16-7-8-19-18(12-16)29(2)9-10-31-19/h3-7,10,12-13H,1,8-9,11H2,2H3,(H,29,33)(H2,26,27,28,30);3-7,12-14,31H,1,8-11H2,2H3,(H2,26,27,28,29);4-9,12-14H,1,10-11H2,2-3H3,(H,26,31)(H,25,27,28);3-8,11-13H,1,9-10H2,2H3,(H,25,30)(H2,24,26,27,28). The van der Waals surface area contributed by atoms with E-state index < -0.39 is 11.6 Å². The number of carbonyl (C=O) groups is 7. The van der Waals surface area contributed by atoms with Crippen LogP contribution in [0, 0.1) is 11.6 Å². The van der Waals surface area contributed by atoms with Crippen LogP contribution in [-0.2, 0) is 30.4 Å². The van der Waals surface area contributed by atoms with Gasteiger partial charge in [0.25, 0.3) is 11.8 Å². The zero-order chi connectivity index (χ0) is 93.8. The Kier molecular flexibility index (Phi) is 29.2. The molecule has 11 N–H and O–H groups in total. The average molecular weight is 1800 g/mol. The Morgan fingerprint density at radius 2 is 0.887 bits per heavy atom. The van der Waals surface area contributed by atoms with Crippen molar-refractivity contribution in [2.24, 2.45) is 0 Å². The van der Waals surface area contributed by atoms with E-state index in [0.29, 0.717) is 143 Å². The van der Waals surface area contributed by atoms with E-state index in [-0.39, 0.29) is 89.7 Å². The quantitative estimate of drug-likeness (QED) is 0.0168. The number of aliphatic hydroxyl groups excluding tert-OH is 1. The van der Waals surface area contributed by atoms with Crippen LogP contribution in [0.5, 0.6) is 28.9 Å². The second-order valence-electron chi connectivity index (χ2n) is 29.6. The number of amides is 5. The Morgan fingerprint density at radius 3 is 1.39 bits per heavy atom. The fraction of sp³-hybridized carbons (Fsp3) is 0.170. The van der Waals surface area contributed by atoms with Gasteiger partial charge in [-0.2, -0.15) is 19.9 Å². The minimum atomic E-state index is -0.607. The van der Waals surface area contributed by atoms with Crippen LogP contribution in [0.15, 0.2) is 233 Å². The Hall–Kier alpha value is -17.5. The van der Waals surface area contributed by atoms with E-state index in [2.05, 4.69) is 134 Å². The maximum absolute atomic E-state index is 14.6. The number of hydrogen-bond acceptors (Lipinski definition) is 32. The fourth-order valence-electron chi connectivity index (χ4n) is 13.8. The molecule has 7 aromatic carbocycles. The zero-order valence-electron chi connectivity index (χ0n) is 72.6. The Balaban J connectivity index is 0.000000143. The first-order valence-electron chi connectivity index (χ1n) is 41.4. The van der Waals surface area contributed by atoms with E-state index in [1.807, 2.05) is 68.7 Å². The molecule has 0 atom stereocenters. The first kappa shape index (κ1) is 91.7. The molecule has 5 amide bonds. The summed E-state index contributed by atoms with van der Waals surface area (Å²) in [6.07, 6.45) is 11.8. The molecule has 37 nitrogen and oxygen atoms in total. The van der Waals surface area contributed by atoms with E-state index in [1.165, 1.54) is 56.7 Å². The average Bonchev–Trinajstić information content (AvgIpc) is 1.19. The molecule has 0 saturated heterocycles. The first-order valence-corrected chi connectivity index (χ1v) is 41.4. The van der Waals surface area contributed by atoms with Crippen molar-refractivity contribution in [2.45, 2.75) is 20.3 Å². The minimum absolute atomic E-state index is 0.00288. The van der Waals surface area contributed by atoms with Gasteiger partial charge in [-0.15, -0.1) is 0 Å². The summed E-state index contributed by atoms with van der Waals surface area (Å²) in [6, 6.07) is 44.6. The molecule has 5 aliphatic heterocycles. The van der Waals surface area contributed by atoms with Crippen LogP contribution in [0.1, 0.15) is 40.1 Å². The maximum atomic E-state index is 14.6. The molecule has 0 radical (unpaired) electrons. The molecule has 0 unspecified atom stereocenters. The van der Waals surface area contributed by atoms with Crippen LogP contribution >= 0.6 is 0 Å². The van der Waals surface area contributed by atoms with Gasteiger partial charge >= 0.3 is 0 Å². The van der Waals surface area contributed by atoms with Gasteiger partial charge in [-0.3, -0.25) is 33.6 Å². The molecular weight excluding hydrogens is 1710 g/mol. The van der Waals surface area contributed by atoms with E-state index in [0.717, 1.165) is 71.0 Å². The van der Waals surface area contributed by atoms with Crippen molar-refractivity contribution in [2.75, 3.05) is 165 Å². The summed E-state index contributed by atoms with van der Waals surface area (Å²) in [5.74, 6) is 2.11. The Bertz CT molecular complexity index is 6470. The molecule has 17 rings (SSSR count). The third-order valence-electron chi connectivity index (χ3n) is 20.4. The number of ether oxygens (including phenoxy) is 5. The number of anilines is 23. The number of nitrogens with one attached hydrogen (secondary N) is 10. The number of aliphatic hydroxyl groups is 1. The fourth-order valence-corrected chi connectivity index (χ4v) is 13.8. The number of halogens is 2. The number of Topliss-reactive ketones (excluding diaryl/α,β-unsaturated/α-hetero) is 2. The van der Waals surface area contributed by atoms with Crippen molar-refractivity contribution in [1.82, 2.24) is 44.9 Å². The number of benzene rings is 7. The van der Waals surface area contributed by atoms with Crippen molar-refractivity contribution in [3.8, 4) is 28.9 Å². The van der Waals surface area contributed by atoms with Crippen LogP contribution in [-0.4, -0.2) is 178 Å². The topological polar surface area (TPSA) is 438 Å². The molecule has 133 heavy (non-hydrogen) atoms. The van der Waals surface area contributed by atoms with Crippen LogP contribution in [0.3, 0.4) is 0 Å². The molecule has 0 spiro atoms. The van der Waals surface area contributed by atoms with Gasteiger partial charge in [0, 0.05) is 96.5 Å². The monoisotopic (exact) mass is 1800 g/mol. The molecule has 0 aliphatic carbocycles. The summed E-state index contributed by atoms with van der Waals surface area (Å²) < 4.78 is 56.8. The van der Waals surface area contributed by atoms with Crippen molar-refractivity contribution in [3.63, 3.8) is 0 Å². The van der Waals surface area contributed by atoms with Crippen molar-refractivity contribution >= 4 is 173 Å². The summed E-state index contributed by atoms with van der Waals surface area (Å²) >= 11 is 0. The van der Waals surface area contributed by atoms with Crippen LogP contribution in [0.25, 0.3) is 0 Å². The van der Waals surface area contributed by atoms with Crippen LogP contribution < -0.4 is 101 Å². The summed E-state index contributed by atoms with van der Waals surface area (Å²) in [4.78, 5) is 131. The lowest BCUT2D eigenvalue weighted by Gasteiger charge is -2.29. The van der Waals surface area contributed by atoms with Gasteiger partial charge in [0.05, 0.1) is 97.4 Å². The highest BCUT2D eigenvalue weighted by molar-refractivity contribution is 6.06. The Morgan fingerprint density at radius 1 is 0.466 bits per heavy atom. The lowest BCUT2D eigenvalue weighted by Crippen LogP contribution is -2.36. The predicted molar refractivity (Wildman–Crippen MR) is 505 cm³/mol. The summed E-state index contributed by atoms with van der Waals surface area (Å²) in [6.45, 7) is 21.4. The molecular formula is C94H90F2N24O13. The zero-order valence-corrected chi connectivity index (χ0v) is 72.6. The largest absolute Gasteiger partial charge is 0.490 e. The van der Waals surface area contributed by atoms with Crippen LogP contribution in [0.2, 0.25) is 0 Å². The van der Waals surface area contributed by atoms with Gasteiger partial charge < -0.3 is 106 Å². The SMILES string of the molecule is C=CC(=O)N1CCOc2ccc(Nc3nc(Nc4ccc(OCCO)nc4)ncc3C(C)=O)cc21.C=CC(=O)N1CCOc2ccc(Nc3nc(Nc4ccc5c(c4)CC(=O)N5)ncc3C(C)=O)cc21.C=CC(=O)Nc1cccc(N(C)c2nc(Nc3ccc4c(c3)N(C)CCO4)ncc2F)c1.C=CC(=O)Nc1cccc(Nc2nc(Nc3ccc4c(c3)N(C)CCO4)ncc2F)c1. The Labute approximate surface area is 761 Å². The van der Waals surface area contributed by atoms with Crippen molar-refractivity contribution in [3.05, 3.63) is 262 Å². The van der Waals surface area contributed by atoms with E-state index >= 15 is 0 Å². The van der Waals surface area contributed by atoms with Crippen molar-refractivity contribution in [1.29, 1.82) is 0 Å². The van der Waals surface area contributed by atoms with Crippen LogP contribution in [0.4, 0.5) is 141 Å². The van der Waals surface area contributed by atoms with Gasteiger partial charge in [0.2, 0.25) is 47.4 Å². The molecule has 10 heterocycles. The van der Waals surface area contributed by atoms with Gasteiger partial charge in [0.15, 0.2) is 34.8 Å².